The van der Waals surface area contributed by atoms with E-state index >= 15 is 0 Å². The topological polar surface area (TPSA) is 64.4 Å². The summed E-state index contributed by atoms with van der Waals surface area (Å²) in [5.74, 6) is -0.0803. The summed E-state index contributed by atoms with van der Waals surface area (Å²) in [6.07, 6.45) is 1.97. The van der Waals surface area contributed by atoms with Gasteiger partial charge in [-0.3, -0.25) is 4.79 Å². The highest BCUT2D eigenvalue weighted by molar-refractivity contribution is 6.00. The molecule has 104 valence electrons. The van der Waals surface area contributed by atoms with Gasteiger partial charge in [0.2, 0.25) is 0 Å². The Kier molecular flexibility index (Phi) is 4.10. The largest absolute Gasteiger partial charge is 0.398 e. The third-order valence-electron chi connectivity index (χ3n) is 3.91. The Balaban J connectivity index is 2.01. The first-order valence-corrected chi connectivity index (χ1v) is 6.73. The van der Waals surface area contributed by atoms with Gasteiger partial charge in [-0.1, -0.05) is 19.1 Å². The van der Waals surface area contributed by atoms with E-state index in [2.05, 4.69) is 12.2 Å². The number of rotatable bonds is 3. The van der Waals surface area contributed by atoms with Crippen molar-refractivity contribution in [3.05, 3.63) is 29.3 Å². The molecule has 0 aliphatic carbocycles. The molecule has 1 aliphatic rings. The fourth-order valence-corrected chi connectivity index (χ4v) is 2.42. The molecule has 0 unspecified atom stereocenters. The number of anilines is 1. The minimum Gasteiger partial charge on any atom is -0.398 e. The van der Waals surface area contributed by atoms with Crippen LogP contribution in [0.3, 0.4) is 0 Å². The summed E-state index contributed by atoms with van der Waals surface area (Å²) in [5, 5.41) is 3.02. The van der Waals surface area contributed by atoms with Gasteiger partial charge in [-0.15, -0.1) is 0 Å². The predicted octanol–water partition coefficient (Wildman–Crippen LogP) is 2.12. The zero-order valence-electron chi connectivity index (χ0n) is 11.7. The Morgan fingerprint density at radius 1 is 1.42 bits per heavy atom. The molecule has 2 rings (SSSR count). The Morgan fingerprint density at radius 2 is 2.11 bits per heavy atom. The van der Waals surface area contributed by atoms with E-state index in [1.54, 1.807) is 6.07 Å². The molecular formula is C15H22N2O2. The second-order valence-electron chi connectivity index (χ2n) is 5.64. The van der Waals surface area contributed by atoms with E-state index < -0.39 is 0 Å². The number of aryl methyl sites for hydroxylation is 1. The molecule has 0 spiro atoms. The first kappa shape index (κ1) is 13.9. The highest BCUT2D eigenvalue weighted by Crippen LogP contribution is 2.29. The summed E-state index contributed by atoms with van der Waals surface area (Å²) in [7, 11) is 0. The van der Waals surface area contributed by atoms with Gasteiger partial charge in [-0.2, -0.15) is 0 Å². The number of carbonyl (C=O) groups excluding carboxylic acids is 1. The van der Waals surface area contributed by atoms with Crippen LogP contribution in [0.2, 0.25) is 0 Å². The summed E-state index contributed by atoms with van der Waals surface area (Å²) < 4.78 is 5.36. The van der Waals surface area contributed by atoms with E-state index in [1.807, 2.05) is 19.1 Å². The van der Waals surface area contributed by atoms with Crippen LogP contribution in [-0.2, 0) is 4.74 Å². The van der Waals surface area contributed by atoms with Crippen LogP contribution in [0.1, 0.15) is 35.7 Å². The van der Waals surface area contributed by atoms with Gasteiger partial charge in [0, 0.05) is 25.4 Å². The van der Waals surface area contributed by atoms with Gasteiger partial charge in [0.1, 0.15) is 0 Å². The van der Waals surface area contributed by atoms with Crippen molar-refractivity contribution in [2.45, 2.75) is 26.7 Å². The fraction of sp³-hybridized carbons (Fsp3) is 0.533. The monoisotopic (exact) mass is 262 g/mol. The molecule has 3 N–H and O–H groups in total. The number of ether oxygens (including phenoxy) is 1. The third kappa shape index (κ3) is 3.26. The molecule has 0 atom stereocenters. The molecule has 4 nitrogen and oxygen atoms in total. The first-order chi connectivity index (χ1) is 9.02. The number of carbonyl (C=O) groups is 1. The predicted molar refractivity (Wildman–Crippen MR) is 76.1 cm³/mol. The molecule has 0 radical (unpaired) electrons. The molecule has 19 heavy (non-hydrogen) atoms. The molecule has 0 saturated carbocycles. The van der Waals surface area contributed by atoms with Gasteiger partial charge in [-0.25, -0.2) is 0 Å². The van der Waals surface area contributed by atoms with E-state index in [9.17, 15) is 4.79 Å². The van der Waals surface area contributed by atoms with Crippen molar-refractivity contribution >= 4 is 11.6 Å². The quantitative estimate of drug-likeness (QED) is 0.820. The molecule has 4 heteroatoms. The zero-order valence-corrected chi connectivity index (χ0v) is 11.7. The van der Waals surface area contributed by atoms with Gasteiger partial charge in [0.05, 0.1) is 5.56 Å². The van der Waals surface area contributed by atoms with E-state index in [1.165, 1.54) is 0 Å². The maximum absolute atomic E-state index is 12.2. The molecular weight excluding hydrogens is 240 g/mol. The summed E-state index contributed by atoms with van der Waals surface area (Å²) in [5.41, 5.74) is 8.06. The highest BCUT2D eigenvalue weighted by Gasteiger charge is 2.28. The Labute approximate surface area is 114 Å². The van der Waals surface area contributed by atoms with E-state index in [0.29, 0.717) is 17.8 Å². The van der Waals surface area contributed by atoms with Gasteiger partial charge in [0.25, 0.3) is 5.91 Å². The zero-order chi connectivity index (χ0) is 13.9. The Morgan fingerprint density at radius 3 is 2.74 bits per heavy atom. The minimum absolute atomic E-state index is 0.0803. The van der Waals surface area contributed by atoms with Crippen LogP contribution in [-0.4, -0.2) is 25.7 Å². The van der Waals surface area contributed by atoms with Crippen molar-refractivity contribution in [3.8, 4) is 0 Å². The molecule has 1 aromatic rings. The smallest absolute Gasteiger partial charge is 0.253 e. The van der Waals surface area contributed by atoms with Crippen molar-refractivity contribution in [2.75, 3.05) is 25.5 Å². The van der Waals surface area contributed by atoms with Crippen LogP contribution >= 0.6 is 0 Å². The van der Waals surface area contributed by atoms with Crippen molar-refractivity contribution in [1.82, 2.24) is 5.32 Å². The molecule has 1 heterocycles. The summed E-state index contributed by atoms with van der Waals surface area (Å²) in [6, 6.07) is 5.53. The average Bonchev–Trinajstić information content (AvgIpc) is 2.37. The van der Waals surface area contributed by atoms with Crippen LogP contribution in [0.15, 0.2) is 18.2 Å². The normalized spacial score (nSPS) is 18.0. The lowest BCUT2D eigenvalue weighted by Gasteiger charge is -2.33. The number of benzene rings is 1. The van der Waals surface area contributed by atoms with Crippen LogP contribution in [0.4, 0.5) is 5.69 Å². The number of amides is 1. The molecule has 1 aliphatic heterocycles. The summed E-state index contributed by atoms with van der Waals surface area (Å²) in [4.78, 5) is 12.2. The standard InChI is InChI=1S/C15H22N2O2/c1-11-4-3-5-12(16)13(11)14(18)17-10-15(2)6-8-19-9-7-15/h3-5H,6-10,16H2,1-2H3,(H,17,18). The van der Waals surface area contributed by atoms with Crippen LogP contribution < -0.4 is 11.1 Å². The number of hydrogen-bond donors (Lipinski definition) is 2. The van der Waals surface area contributed by atoms with E-state index in [-0.39, 0.29) is 11.3 Å². The number of nitrogens with two attached hydrogens (primary N) is 1. The fourth-order valence-electron chi connectivity index (χ4n) is 2.42. The van der Waals surface area contributed by atoms with Gasteiger partial charge in [0.15, 0.2) is 0 Å². The molecule has 1 aromatic carbocycles. The molecule has 1 saturated heterocycles. The molecule has 1 amide bonds. The Hall–Kier alpha value is -1.55. The lowest BCUT2D eigenvalue weighted by Crippen LogP contribution is -2.39. The minimum atomic E-state index is -0.0803. The highest BCUT2D eigenvalue weighted by atomic mass is 16.5. The first-order valence-electron chi connectivity index (χ1n) is 6.73. The lowest BCUT2D eigenvalue weighted by atomic mass is 9.82. The average molecular weight is 262 g/mol. The second kappa shape index (κ2) is 5.61. The number of nitrogens with one attached hydrogen (secondary N) is 1. The van der Waals surface area contributed by atoms with Crippen molar-refractivity contribution in [2.24, 2.45) is 5.41 Å². The van der Waals surface area contributed by atoms with Crippen molar-refractivity contribution < 1.29 is 9.53 Å². The van der Waals surface area contributed by atoms with Crippen molar-refractivity contribution in [3.63, 3.8) is 0 Å². The molecule has 0 aromatic heterocycles. The van der Waals surface area contributed by atoms with E-state index in [4.69, 9.17) is 10.5 Å². The summed E-state index contributed by atoms with van der Waals surface area (Å²) in [6.45, 7) is 6.32. The van der Waals surface area contributed by atoms with Gasteiger partial charge in [-0.05, 0) is 36.8 Å². The maximum atomic E-state index is 12.2. The van der Waals surface area contributed by atoms with Gasteiger partial charge >= 0.3 is 0 Å². The third-order valence-corrected chi connectivity index (χ3v) is 3.91. The van der Waals surface area contributed by atoms with Gasteiger partial charge < -0.3 is 15.8 Å². The maximum Gasteiger partial charge on any atom is 0.253 e. The van der Waals surface area contributed by atoms with Crippen LogP contribution in [0.5, 0.6) is 0 Å². The summed E-state index contributed by atoms with van der Waals surface area (Å²) >= 11 is 0. The SMILES string of the molecule is Cc1cccc(N)c1C(=O)NCC1(C)CCOCC1. The van der Waals surface area contributed by atoms with Crippen LogP contribution in [0.25, 0.3) is 0 Å². The Bertz CT molecular complexity index is 445. The second-order valence-corrected chi connectivity index (χ2v) is 5.64. The van der Waals surface area contributed by atoms with E-state index in [0.717, 1.165) is 31.6 Å². The van der Waals surface area contributed by atoms with Crippen LogP contribution in [0, 0.1) is 12.3 Å². The molecule has 0 bridgehead atoms. The lowest BCUT2D eigenvalue weighted by molar-refractivity contribution is 0.0238. The number of nitrogen functional groups attached to an aromatic ring is 1. The van der Waals surface area contributed by atoms with Crippen molar-refractivity contribution in [1.29, 1.82) is 0 Å². The number of hydrogen-bond acceptors (Lipinski definition) is 3. The molecule has 1 fully saturated rings.